The highest BCUT2D eigenvalue weighted by Crippen LogP contribution is 2.28. The van der Waals surface area contributed by atoms with E-state index in [9.17, 15) is 4.79 Å². The van der Waals surface area contributed by atoms with Crippen LogP contribution in [0.25, 0.3) is 0 Å². The Bertz CT molecular complexity index is 452. The molecule has 1 heterocycles. The molecule has 0 spiro atoms. The lowest BCUT2D eigenvalue weighted by Crippen LogP contribution is -2.32. The van der Waals surface area contributed by atoms with Gasteiger partial charge in [0.25, 0.3) is 0 Å². The number of amides is 1. The van der Waals surface area contributed by atoms with E-state index in [-0.39, 0.29) is 11.8 Å². The van der Waals surface area contributed by atoms with E-state index in [4.69, 9.17) is 4.74 Å². The van der Waals surface area contributed by atoms with E-state index < -0.39 is 0 Å². The summed E-state index contributed by atoms with van der Waals surface area (Å²) in [5.41, 5.74) is 2.03. The number of aryl methyl sites for hydroxylation is 2. The summed E-state index contributed by atoms with van der Waals surface area (Å²) in [5.74, 6) is 1.25. The van der Waals surface area contributed by atoms with Crippen LogP contribution in [0.4, 0.5) is 0 Å². The van der Waals surface area contributed by atoms with E-state index in [1.54, 1.807) is 11.8 Å². The van der Waals surface area contributed by atoms with Crippen molar-refractivity contribution in [2.75, 3.05) is 20.2 Å². The SMILES string of the molecule is COc1c(CNCCNC(=O)C2CC2)c(C)nn1C. The highest BCUT2D eigenvalue weighted by molar-refractivity contribution is 5.80. The zero-order chi connectivity index (χ0) is 13.8. The number of nitrogens with zero attached hydrogens (tertiary/aromatic N) is 2. The average Bonchev–Trinajstić information content (AvgIpc) is 3.17. The standard InChI is InChI=1S/C13H22N4O2/c1-9-11(13(19-3)17(2)16-9)8-14-6-7-15-12(18)10-4-5-10/h10,14H,4-8H2,1-3H3,(H,15,18). The number of carbonyl (C=O) groups is 1. The molecule has 0 bridgehead atoms. The van der Waals surface area contributed by atoms with Crippen LogP contribution in [0.5, 0.6) is 5.88 Å². The number of rotatable bonds is 7. The van der Waals surface area contributed by atoms with Crippen molar-refractivity contribution >= 4 is 5.91 Å². The fourth-order valence-electron chi connectivity index (χ4n) is 2.12. The molecule has 0 saturated heterocycles. The minimum atomic E-state index is 0.192. The molecule has 2 rings (SSSR count). The van der Waals surface area contributed by atoms with E-state index in [0.29, 0.717) is 13.1 Å². The summed E-state index contributed by atoms with van der Waals surface area (Å²) < 4.78 is 7.06. The minimum absolute atomic E-state index is 0.192. The van der Waals surface area contributed by atoms with Gasteiger partial charge in [0.15, 0.2) is 0 Å². The van der Waals surface area contributed by atoms with Crippen molar-refractivity contribution in [2.24, 2.45) is 13.0 Å². The lowest BCUT2D eigenvalue weighted by Gasteiger charge is -2.08. The van der Waals surface area contributed by atoms with Gasteiger partial charge < -0.3 is 15.4 Å². The summed E-state index contributed by atoms with van der Waals surface area (Å²) in [6, 6.07) is 0. The van der Waals surface area contributed by atoms with Gasteiger partial charge in [0.05, 0.1) is 18.4 Å². The molecule has 0 aromatic carbocycles. The topological polar surface area (TPSA) is 68.2 Å². The van der Waals surface area contributed by atoms with Crippen LogP contribution in [0.3, 0.4) is 0 Å². The van der Waals surface area contributed by atoms with Gasteiger partial charge in [-0.3, -0.25) is 4.79 Å². The zero-order valence-corrected chi connectivity index (χ0v) is 11.8. The first-order valence-electron chi connectivity index (χ1n) is 6.68. The maximum Gasteiger partial charge on any atom is 0.223 e. The highest BCUT2D eigenvalue weighted by Gasteiger charge is 2.28. The zero-order valence-electron chi connectivity index (χ0n) is 11.8. The second-order valence-electron chi connectivity index (χ2n) is 4.94. The number of nitrogens with one attached hydrogen (secondary N) is 2. The highest BCUT2D eigenvalue weighted by atomic mass is 16.5. The molecule has 1 aromatic rings. The maximum absolute atomic E-state index is 11.4. The summed E-state index contributed by atoms with van der Waals surface area (Å²) in [4.78, 5) is 11.4. The van der Waals surface area contributed by atoms with Crippen LogP contribution in [0.2, 0.25) is 0 Å². The fraction of sp³-hybridized carbons (Fsp3) is 0.692. The van der Waals surface area contributed by atoms with Gasteiger partial charge in [0.2, 0.25) is 11.8 Å². The lowest BCUT2D eigenvalue weighted by atomic mass is 10.2. The number of aromatic nitrogens is 2. The maximum atomic E-state index is 11.4. The molecule has 1 fully saturated rings. The monoisotopic (exact) mass is 266 g/mol. The molecule has 1 aliphatic rings. The van der Waals surface area contributed by atoms with E-state index in [2.05, 4.69) is 15.7 Å². The van der Waals surface area contributed by atoms with Crippen molar-refractivity contribution in [1.82, 2.24) is 20.4 Å². The lowest BCUT2D eigenvalue weighted by molar-refractivity contribution is -0.122. The summed E-state index contributed by atoms with van der Waals surface area (Å²) >= 11 is 0. The minimum Gasteiger partial charge on any atom is -0.481 e. The normalized spacial score (nSPS) is 14.5. The van der Waals surface area contributed by atoms with Crippen molar-refractivity contribution in [3.63, 3.8) is 0 Å². The quantitative estimate of drug-likeness (QED) is 0.699. The van der Waals surface area contributed by atoms with Gasteiger partial charge >= 0.3 is 0 Å². The Balaban J connectivity index is 1.71. The fourth-order valence-corrected chi connectivity index (χ4v) is 2.12. The van der Waals surface area contributed by atoms with E-state index in [0.717, 1.165) is 36.5 Å². The van der Waals surface area contributed by atoms with E-state index >= 15 is 0 Å². The van der Waals surface area contributed by atoms with Crippen LogP contribution in [0, 0.1) is 12.8 Å². The van der Waals surface area contributed by atoms with Gasteiger partial charge in [-0.2, -0.15) is 5.10 Å². The second-order valence-corrected chi connectivity index (χ2v) is 4.94. The Labute approximate surface area is 113 Å². The summed E-state index contributed by atoms with van der Waals surface area (Å²) in [6.45, 7) is 4.07. The molecule has 6 nitrogen and oxygen atoms in total. The molecule has 0 atom stereocenters. The average molecular weight is 266 g/mol. The number of ether oxygens (including phenoxy) is 1. The molecule has 106 valence electrons. The molecule has 6 heteroatoms. The third-order valence-corrected chi connectivity index (χ3v) is 3.33. The summed E-state index contributed by atoms with van der Waals surface area (Å²) in [5, 5.41) is 10.5. The van der Waals surface area contributed by atoms with Gasteiger partial charge in [0, 0.05) is 32.6 Å². The molecule has 0 aliphatic heterocycles. The predicted molar refractivity (Wildman–Crippen MR) is 71.9 cm³/mol. The third-order valence-electron chi connectivity index (χ3n) is 3.33. The molecule has 0 radical (unpaired) electrons. The molecular formula is C13H22N4O2. The Morgan fingerprint density at radius 2 is 2.21 bits per heavy atom. The molecule has 1 amide bonds. The van der Waals surface area contributed by atoms with Crippen LogP contribution in [0.15, 0.2) is 0 Å². The first kappa shape index (κ1) is 13.9. The van der Waals surface area contributed by atoms with Gasteiger partial charge in [-0.25, -0.2) is 4.68 Å². The van der Waals surface area contributed by atoms with E-state index in [1.165, 1.54) is 0 Å². The molecule has 2 N–H and O–H groups in total. The van der Waals surface area contributed by atoms with Crippen molar-refractivity contribution < 1.29 is 9.53 Å². The summed E-state index contributed by atoms with van der Waals surface area (Å²) in [7, 11) is 3.51. The molecular weight excluding hydrogens is 244 g/mol. The van der Waals surface area contributed by atoms with Crippen molar-refractivity contribution in [2.45, 2.75) is 26.3 Å². The number of carbonyl (C=O) groups excluding carboxylic acids is 1. The van der Waals surface area contributed by atoms with Crippen LogP contribution >= 0.6 is 0 Å². The van der Waals surface area contributed by atoms with Crippen molar-refractivity contribution in [1.29, 1.82) is 0 Å². The Morgan fingerprint density at radius 1 is 1.47 bits per heavy atom. The molecule has 1 saturated carbocycles. The first-order valence-corrected chi connectivity index (χ1v) is 6.68. The van der Waals surface area contributed by atoms with Gasteiger partial charge in [0.1, 0.15) is 0 Å². The van der Waals surface area contributed by atoms with E-state index in [1.807, 2.05) is 14.0 Å². The first-order chi connectivity index (χ1) is 9.13. The van der Waals surface area contributed by atoms with Crippen LogP contribution in [-0.2, 0) is 18.4 Å². The van der Waals surface area contributed by atoms with Gasteiger partial charge in [-0.1, -0.05) is 0 Å². The molecule has 1 aromatic heterocycles. The molecule has 19 heavy (non-hydrogen) atoms. The van der Waals surface area contributed by atoms with Crippen LogP contribution in [-0.4, -0.2) is 35.9 Å². The second kappa shape index (κ2) is 6.06. The third kappa shape index (κ3) is 3.47. The van der Waals surface area contributed by atoms with Crippen molar-refractivity contribution in [3.05, 3.63) is 11.3 Å². The molecule has 1 aliphatic carbocycles. The van der Waals surface area contributed by atoms with Gasteiger partial charge in [-0.15, -0.1) is 0 Å². The predicted octanol–water partition coefficient (Wildman–Crippen LogP) is 0.353. The Hall–Kier alpha value is -1.56. The number of methoxy groups -OCH3 is 1. The van der Waals surface area contributed by atoms with Crippen LogP contribution < -0.4 is 15.4 Å². The smallest absolute Gasteiger partial charge is 0.223 e. The molecule has 0 unspecified atom stereocenters. The van der Waals surface area contributed by atoms with Crippen LogP contribution in [0.1, 0.15) is 24.1 Å². The van der Waals surface area contributed by atoms with Gasteiger partial charge in [-0.05, 0) is 19.8 Å². The summed E-state index contributed by atoms with van der Waals surface area (Å²) in [6.07, 6.45) is 2.09. The Kier molecular flexibility index (Phi) is 4.42. The largest absolute Gasteiger partial charge is 0.481 e. The Morgan fingerprint density at radius 3 is 2.84 bits per heavy atom. The van der Waals surface area contributed by atoms with Crippen molar-refractivity contribution in [3.8, 4) is 5.88 Å². The number of hydrogen-bond donors (Lipinski definition) is 2. The number of hydrogen-bond acceptors (Lipinski definition) is 4.